The number of nitrogens with zero attached hydrogens (tertiary/aromatic N) is 1. The summed E-state index contributed by atoms with van der Waals surface area (Å²) in [5, 5.41) is 0. The van der Waals surface area contributed by atoms with Crippen molar-refractivity contribution in [1.82, 2.24) is 0 Å². The summed E-state index contributed by atoms with van der Waals surface area (Å²) in [6.45, 7) is 0.495. The summed E-state index contributed by atoms with van der Waals surface area (Å²) in [6, 6.07) is 9.68. The molecule has 100 valence electrons. The lowest BCUT2D eigenvalue weighted by Crippen LogP contribution is -2.19. The van der Waals surface area contributed by atoms with Crippen LogP contribution in [0.4, 0.5) is 20.2 Å². The Hall–Kier alpha value is -1.62. The first-order chi connectivity index (χ1) is 8.99. The normalized spacial score (nSPS) is 10.5. The van der Waals surface area contributed by atoms with Crippen molar-refractivity contribution in [2.75, 3.05) is 17.7 Å². The van der Waals surface area contributed by atoms with Crippen LogP contribution in [0.3, 0.4) is 0 Å². The minimum Gasteiger partial charge on any atom is -0.395 e. The van der Waals surface area contributed by atoms with Crippen LogP contribution < -0.4 is 10.6 Å². The maximum Gasteiger partial charge on any atom is 0.151 e. The minimum atomic E-state index is -0.742. The van der Waals surface area contributed by atoms with Crippen molar-refractivity contribution in [2.24, 2.45) is 0 Å². The van der Waals surface area contributed by atoms with Crippen LogP contribution in [0.1, 0.15) is 5.56 Å². The summed E-state index contributed by atoms with van der Waals surface area (Å²) < 4.78 is 27.6. The highest BCUT2D eigenvalue weighted by molar-refractivity contribution is 9.10. The average molecular weight is 327 g/mol. The summed E-state index contributed by atoms with van der Waals surface area (Å²) in [5.74, 6) is -1.38. The van der Waals surface area contributed by atoms with E-state index in [0.717, 1.165) is 16.1 Å². The van der Waals surface area contributed by atoms with E-state index in [4.69, 9.17) is 5.73 Å². The first-order valence-electron chi connectivity index (χ1n) is 5.68. The fraction of sp³-hybridized carbons (Fsp3) is 0.143. The van der Waals surface area contributed by atoms with Crippen molar-refractivity contribution < 1.29 is 8.78 Å². The van der Waals surface area contributed by atoms with Crippen molar-refractivity contribution in [3.63, 3.8) is 0 Å². The molecule has 0 fully saturated rings. The molecule has 0 aromatic heterocycles. The molecule has 0 saturated carbocycles. The van der Waals surface area contributed by atoms with Crippen LogP contribution in [0.15, 0.2) is 40.9 Å². The summed E-state index contributed by atoms with van der Waals surface area (Å²) in [7, 11) is 1.74. The number of rotatable bonds is 3. The Bertz CT molecular complexity index is 602. The smallest absolute Gasteiger partial charge is 0.151 e. The van der Waals surface area contributed by atoms with Gasteiger partial charge in [-0.3, -0.25) is 0 Å². The maximum atomic E-state index is 13.4. The van der Waals surface area contributed by atoms with Crippen LogP contribution >= 0.6 is 15.9 Å². The zero-order valence-corrected chi connectivity index (χ0v) is 11.9. The Kier molecular flexibility index (Phi) is 4.04. The van der Waals surface area contributed by atoms with Gasteiger partial charge in [-0.05, 0) is 17.7 Å². The van der Waals surface area contributed by atoms with Gasteiger partial charge in [-0.25, -0.2) is 8.78 Å². The van der Waals surface area contributed by atoms with Gasteiger partial charge in [-0.1, -0.05) is 34.1 Å². The molecule has 0 aliphatic heterocycles. The number of hydrogen-bond donors (Lipinski definition) is 1. The van der Waals surface area contributed by atoms with E-state index in [-0.39, 0.29) is 5.69 Å². The van der Waals surface area contributed by atoms with Crippen LogP contribution in [0.25, 0.3) is 0 Å². The number of benzene rings is 2. The molecule has 2 nitrogen and oxygen atoms in total. The molecular formula is C14H13BrF2N2. The van der Waals surface area contributed by atoms with E-state index >= 15 is 0 Å². The molecule has 0 radical (unpaired) electrons. The van der Waals surface area contributed by atoms with E-state index < -0.39 is 11.6 Å². The van der Waals surface area contributed by atoms with E-state index in [0.29, 0.717) is 12.2 Å². The second kappa shape index (κ2) is 5.57. The van der Waals surface area contributed by atoms with Crippen molar-refractivity contribution in [1.29, 1.82) is 0 Å². The molecule has 0 aliphatic rings. The third kappa shape index (κ3) is 3.04. The van der Waals surface area contributed by atoms with E-state index in [1.165, 1.54) is 6.07 Å². The SMILES string of the molecule is CN(Cc1ccccc1Br)c1cc(F)cc(F)c1N. The summed E-state index contributed by atoms with van der Waals surface area (Å²) in [5.41, 5.74) is 6.95. The molecule has 0 atom stereocenters. The zero-order valence-electron chi connectivity index (χ0n) is 10.3. The summed E-state index contributed by atoms with van der Waals surface area (Å²) in [6.07, 6.45) is 0. The van der Waals surface area contributed by atoms with Crippen molar-refractivity contribution >= 4 is 27.3 Å². The molecule has 19 heavy (non-hydrogen) atoms. The predicted molar refractivity (Wildman–Crippen MR) is 77.0 cm³/mol. The quantitative estimate of drug-likeness (QED) is 0.865. The lowest BCUT2D eigenvalue weighted by molar-refractivity contribution is 0.585. The summed E-state index contributed by atoms with van der Waals surface area (Å²) in [4.78, 5) is 1.71. The molecule has 0 spiro atoms. The van der Waals surface area contributed by atoms with Crippen LogP contribution in [0.2, 0.25) is 0 Å². The molecular weight excluding hydrogens is 314 g/mol. The largest absolute Gasteiger partial charge is 0.395 e. The second-order valence-corrected chi connectivity index (χ2v) is 5.12. The van der Waals surface area contributed by atoms with Crippen molar-refractivity contribution in [3.8, 4) is 0 Å². The van der Waals surface area contributed by atoms with Gasteiger partial charge >= 0.3 is 0 Å². The number of nitrogens with two attached hydrogens (primary N) is 1. The molecule has 2 rings (SSSR count). The third-order valence-corrected chi connectivity index (χ3v) is 3.62. The molecule has 0 bridgehead atoms. The minimum absolute atomic E-state index is 0.0454. The Morgan fingerprint density at radius 2 is 1.89 bits per heavy atom. The van der Waals surface area contributed by atoms with E-state index in [2.05, 4.69) is 15.9 Å². The zero-order chi connectivity index (χ0) is 14.0. The molecule has 2 aromatic carbocycles. The van der Waals surface area contributed by atoms with Gasteiger partial charge in [-0.2, -0.15) is 0 Å². The van der Waals surface area contributed by atoms with Gasteiger partial charge in [0.05, 0.1) is 11.4 Å². The van der Waals surface area contributed by atoms with Gasteiger partial charge in [-0.15, -0.1) is 0 Å². The molecule has 0 aliphatic carbocycles. The molecule has 2 aromatic rings. The molecule has 0 amide bonds. The van der Waals surface area contributed by atoms with Gasteiger partial charge in [0.1, 0.15) is 5.82 Å². The topological polar surface area (TPSA) is 29.3 Å². The molecule has 0 heterocycles. The van der Waals surface area contributed by atoms with Gasteiger partial charge in [0.2, 0.25) is 0 Å². The number of nitrogen functional groups attached to an aromatic ring is 1. The Labute approximate surface area is 119 Å². The number of anilines is 2. The molecule has 5 heteroatoms. The Morgan fingerprint density at radius 1 is 1.21 bits per heavy atom. The van der Waals surface area contributed by atoms with Crippen LogP contribution in [-0.4, -0.2) is 7.05 Å². The maximum absolute atomic E-state index is 13.4. The van der Waals surface area contributed by atoms with Crippen LogP contribution in [-0.2, 0) is 6.54 Å². The van der Waals surface area contributed by atoms with Crippen LogP contribution in [0.5, 0.6) is 0 Å². The van der Waals surface area contributed by atoms with E-state index in [9.17, 15) is 8.78 Å². The predicted octanol–water partition coefficient (Wildman–Crippen LogP) is 3.95. The fourth-order valence-corrected chi connectivity index (χ4v) is 2.26. The van der Waals surface area contributed by atoms with Crippen molar-refractivity contribution in [3.05, 3.63) is 58.1 Å². The van der Waals surface area contributed by atoms with E-state index in [1.807, 2.05) is 24.3 Å². The van der Waals surface area contributed by atoms with Crippen LogP contribution in [0, 0.1) is 11.6 Å². The Morgan fingerprint density at radius 3 is 2.58 bits per heavy atom. The number of halogens is 3. The monoisotopic (exact) mass is 326 g/mol. The van der Waals surface area contributed by atoms with E-state index in [1.54, 1.807) is 11.9 Å². The fourth-order valence-electron chi connectivity index (χ4n) is 1.85. The highest BCUT2D eigenvalue weighted by Gasteiger charge is 2.13. The Balaban J connectivity index is 2.30. The molecule has 0 unspecified atom stereocenters. The van der Waals surface area contributed by atoms with Gasteiger partial charge in [0, 0.05) is 24.1 Å². The van der Waals surface area contributed by atoms with Gasteiger partial charge < -0.3 is 10.6 Å². The molecule has 2 N–H and O–H groups in total. The highest BCUT2D eigenvalue weighted by Crippen LogP contribution is 2.28. The average Bonchev–Trinajstić information content (AvgIpc) is 2.36. The first-order valence-corrected chi connectivity index (χ1v) is 6.47. The highest BCUT2D eigenvalue weighted by atomic mass is 79.9. The summed E-state index contributed by atoms with van der Waals surface area (Å²) >= 11 is 3.44. The third-order valence-electron chi connectivity index (χ3n) is 2.85. The first kappa shape index (κ1) is 13.8. The lowest BCUT2D eigenvalue weighted by Gasteiger charge is -2.22. The standard InChI is InChI=1S/C14H13BrF2N2/c1-19(8-9-4-2-3-5-11(9)15)13-7-10(16)6-12(17)14(13)18/h2-7H,8,18H2,1H3. The van der Waals surface area contributed by atoms with Crippen molar-refractivity contribution in [2.45, 2.75) is 6.54 Å². The second-order valence-electron chi connectivity index (χ2n) is 4.27. The number of hydrogen-bond acceptors (Lipinski definition) is 2. The molecule has 0 saturated heterocycles. The lowest BCUT2D eigenvalue weighted by atomic mass is 10.2. The van der Waals surface area contributed by atoms with Gasteiger partial charge in [0.25, 0.3) is 0 Å². The van der Waals surface area contributed by atoms with Gasteiger partial charge in [0.15, 0.2) is 5.82 Å².